The third-order valence-corrected chi connectivity index (χ3v) is 3.27. The molecule has 0 aromatic carbocycles. The molecular formula is C12H23ClF3N3O. The molecule has 1 aliphatic heterocycles. The number of likely N-dealkylation sites (tertiary alicyclic amines) is 1. The Balaban J connectivity index is 0.00000361. The molecule has 1 saturated heterocycles. The summed E-state index contributed by atoms with van der Waals surface area (Å²) >= 11 is 0. The number of carbonyl (C=O) groups is 1. The summed E-state index contributed by atoms with van der Waals surface area (Å²) in [6.45, 7) is 2.29. The van der Waals surface area contributed by atoms with E-state index in [0.29, 0.717) is 32.5 Å². The van der Waals surface area contributed by atoms with Crippen LogP contribution in [0.15, 0.2) is 0 Å². The van der Waals surface area contributed by atoms with Gasteiger partial charge in [0.25, 0.3) is 0 Å². The monoisotopic (exact) mass is 317 g/mol. The molecule has 120 valence electrons. The van der Waals surface area contributed by atoms with Crippen LogP contribution in [0.4, 0.5) is 13.2 Å². The zero-order valence-electron chi connectivity index (χ0n) is 11.6. The molecule has 0 aromatic heterocycles. The Morgan fingerprint density at radius 3 is 2.70 bits per heavy atom. The van der Waals surface area contributed by atoms with E-state index in [1.54, 1.807) is 0 Å². The van der Waals surface area contributed by atoms with E-state index in [4.69, 9.17) is 5.73 Å². The zero-order chi connectivity index (χ0) is 14.5. The van der Waals surface area contributed by atoms with Crippen LogP contribution in [-0.2, 0) is 4.79 Å². The first-order valence-corrected chi connectivity index (χ1v) is 6.64. The highest BCUT2D eigenvalue weighted by Crippen LogP contribution is 2.22. The van der Waals surface area contributed by atoms with Gasteiger partial charge in [-0.15, -0.1) is 12.4 Å². The van der Waals surface area contributed by atoms with E-state index in [1.807, 2.05) is 6.92 Å². The summed E-state index contributed by atoms with van der Waals surface area (Å²) < 4.78 is 36.6. The molecule has 2 atom stereocenters. The van der Waals surface area contributed by atoms with Crippen molar-refractivity contribution in [2.75, 3.05) is 26.2 Å². The van der Waals surface area contributed by atoms with Gasteiger partial charge in [0.2, 0.25) is 5.91 Å². The minimum absolute atomic E-state index is 0. The maximum atomic E-state index is 12.2. The lowest BCUT2D eigenvalue weighted by molar-refractivity contribution is -0.143. The van der Waals surface area contributed by atoms with Crippen molar-refractivity contribution < 1.29 is 18.0 Å². The van der Waals surface area contributed by atoms with E-state index in [0.717, 1.165) is 6.42 Å². The maximum Gasteiger partial charge on any atom is 0.401 e. The molecule has 3 N–H and O–H groups in total. The van der Waals surface area contributed by atoms with Gasteiger partial charge in [-0.05, 0) is 25.3 Å². The van der Waals surface area contributed by atoms with Crippen LogP contribution in [0.3, 0.4) is 0 Å². The lowest BCUT2D eigenvalue weighted by atomic mass is 10.1. The van der Waals surface area contributed by atoms with Crippen LogP contribution in [0.5, 0.6) is 0 Å². The number of rotatable bonds is 6. The molecule has 0 bridgehead atoms. The number of nitrogens with two attached hydrogens (primary N) is 1. The standard InChI is InChI=1S/C12H22F3N3O.ClH/c1-2-3-10(16)11(19)17-6-9-4-5-18(7-9)8-12(13,14)15;/h9-10H,2-8,16H2,1H3,(H,17,19);1H. The largest absolute Gasteiger partial charge is 0.401 e. The van der Waals surface area contributed by atoms with E-state index in [1.165, 1.54) is 4.90 Å². The number of amides is 1. The van der Waals surface area contributed by atoms with Gasteiger partial charge in [0.05, 0.1) is 12.6 Å². The van der Waals surface area contributed by atoms with Gasteiger partial charge in [0.1, 0.15) is 0 Å². The lowest BCUT2D eigenvalue weighted by Crippen LogP contribution is -2.42. The van der Waals surface area contributed by atoms with Gasteiger partial charge in [0, 0.05) is 13.1 Å². The number of hydrogen-bond acceptors (Lipinski definition) is 3. The van der Waals surface area contributed by atoms with Crippen molar-refractivity contribution in [3.63, 3.8) is 0 Å². The fraction of sp³-hybridized carbons (Fsp3) is 0.917. The molecule has 2 unspecified atom stereocenters. The molecule has 0 aliphatic carbocycles. The first-order chi connectivity index (χ1) is 8.81. The normalized spacial score (nSPS) is 21.4. The second-order valence-electron chi connectivity index (χ2n) is 5.15. The predicted octanol–water partition coefficient (Wildman–Crippen LogP) is 1.54. The summed E-state index contributed by atoms with van der Waals surface area (Å²) in [5.41, 5.74) is 5.65. The molecule has 1 aliphatic rings. The van der Waals surface area contributed by atoms with E-state index < -0.39 is 18.8 Å². The molecule has 0 saturated carbocycles. The van der Waals surface area contributed by atoms with Gasteiger partial charge in [-0.25, -0.2) is 0 Å². The Morgan fingerprint density at radius 1 is 1.50 bits per heavy atom. The lowest BCUT2D eigenvalue weighted by Gasteiger charge is -2.18. The summed E-state index contributed by atoms with van der Waals surface area (Å²) in [5.74, 6) is -0.128. The minimum atomic E-state index is -4.15. The summed E-state index contributed by atoms with van der Waals surface area (Å²) in [7, 11) is 0. The molecule has 1 fully saturated rings. The van der Waals surface area contributed by atoms with E-state index in [-0.39, 0.29) is 24.2 Å². The summed E-state index contributed by atoms with van der Waals surface area (Å²) in [4.78, 5) is 12.9. The average molecular weight is 318 g/mol. The maximum absolute atomic E-state index is 12.2. The van der Waals surface area contributed by atoms with Crippen molar-refractivity contribution in [3.05, 3.63) is 0 Å². The van der Waals surface area contributed by atoms with Gasteiger partial charge in [-0.2, -0.15) is 13.2 Å². The van der Waals surface area contributed by atoms with Gasteiger partial charge >= 0.3 is 6.18 Å². The van der Waals surface area contributed by atoms with E-state index in [2.05, 4.69) is 5.32 Å². The summed E-state index contributed by atoms with van der Waals surface area (Å²) in [6, 6.07) is -0.516. The molecule has 4 nitrogen and oxygen atoms in total. The smallest absolute Gasteiger partial charge is 0.354 e. The first kappa shape index (κ1) is 19.5. The van der Waals surface area contributed by atoms with Crippen LogP contribution in [0.1, 0.15) is 26.2 Å². The topological polar surface area (TPSA) is 58.4 Å². The van der Waals surface area contributed by atoms with E-state index in [9.17, 15) is 18.0 Å². The van der Waals surface area contributed by atoms with Crippen LogP contribution in [0, 0.1) is 5.92 Å². The highest BCUT2D eigenvalue weighted by molar-refractivity contribution is 5.85. The number of nitrogens with one attached hydrogen (secondary N) is 1. The quantitative estimate of drug-likeness (QED) is 0.781. The van der Waals surface area contributed by atoms with Crippen molar-refractivity contribution in [3.8, 4) is 0 Å². The second kappa shape index (κ2) is 8.69. The highest BCUT2D eigenvalue weighted by Gasteiger charge is 2.34. The number of carbonyl (C=O) groups excluding carboxylic acids is 1. The number of alkyl halides is 3. The van der Waals surface area contributed by atoms with Crippen molar-refractivity contribution in [1.82, 2.24) is 10.2 Å². The Bertz CT molecular complexity index is 302. The van der Waals surface area contributed by atoms with Gasteiger partial charge in [-0.3, -0.25) is 9.69 Å². The van der Waals surface area contributed by atoms with Crippen molar-refractivity contribution in [2.45, 2.75) is 38.4 Å². The summed E-state index contributed by atoms with van der Waals surface area (Å²) in [5, 5.41) is 2.72. The van der Waals surface area contributed by atoms with Crippen LogP contribution in [-0.4, -0.2) is 49.2 Å². The van der Waals surface area contributed by atoms with Crippen molar-refractivity contribution in [1.29, 1.82) is 0 Å². The Kier molecular flexibility index (Phi) is 8.46. The average Bonchev–Trinajstić information content (AvgIpc) is 2.71. The van der Waals surface area contributed by atoms with Gasteiger partial charge in [-0.1, -0.05) is 13.3 Å². The molecule has 1 rings (SSSR count). The number of halogens is 4. The third kappa shape index (κ3) is 7.31. The molecular weight excluding hydrogens is 295 g/mol. The third-order valence-electron chi connectivity index (χ3n) is 3.27. The fourth-order valence-electron chi connectivity index (χ4n) is 2.29. The molecule has 0 radical (unpaired) electrons. The molecule has 8 heteroatoms. The number of hydrogen-bond donors (Lipinski definition) is 2. The van der Waals surface area contributed by atoms with Gasteiger partial charge in [0.15, 0.2) is 0 Å². The Labute approximate surface area is 123 Å². The fourth-order valence-corrected chi connectivity index (χ4v) is 2.29. The number of nitrogens with zero attached hydrogens (tertiary/aromatic N) is 1. The molecule has 1 amide bonds. The molecule has 0 aromatic rings. The molecule has 0 spiro atoms. The second-order valence-corrected chi connectivity index (χ2v) is 5.15. The predicted molar refractivity (Wildman–Crippen MR) is 73.7 cm³/mol. The van der Waals surface area contributed by atoms with Crippen LogP contribution in [0.25, 0.3) is 0 Å². The van der Waals surface area contributed by atoms with Crippen molar-refractivity contribution >= 4 is 18.3 Å². The first-order valence-electron chi connectivity index (χ1n) is 6.64. The highest BCUT2D eigenvalue weighted by atomic mass is 35.5. The zero-order valence-corrected chi connectivity index (χ0v) is 12.4. The molecule has 20 heavy (non-hydrogen) atoms. The Hall–Kier alpha value is -0.530. The van der Waals surface area contributed by atoms with Gasteiger partial charge < -0.3 is 11.1 Å². The van der Waals surface area contributed by atoms with Crippen LogP contribution < -0.4 is 11.1 Å². The van der Waals surface area contributed by atoms with Crippen LogP contribution in [0.2, 0.25) is 0 Å². The van der Waals surface area contributed by atoms with Crippen LogP contribution >= 0.6 is 12.4 Å². The minimum Gasteiger partial charge on any atom is -0.354 e. The van der Waals surface area contributed by atoms with Crippen molar-refractivity contribution in [2.24, 2.45) is 11.7 Å². The summed E-state index contributed by atoms with van der Waals surface area (Å²) in [6.07, 6.45) is -2.02. The van der Waals surface area contributed by atoms with E-state index >= 15 is 0 Å². The Morgan fingerprint density at radius 2 is 2.15 bits per heavy atom. The SMILES string of the molecule is CCCC(N)C(=O)NCC1CCN(CC(F)(F)F)C1.Cl. The molecule has 1 heterocycles.